The molecule has 0 aromatic heterocycles. The van der Waals surface area contributed by atoms with Crippen LogP contribution in [0.2, 0.25) is 0 Å². The van der Waals surface area contributed by atoms with Gasteiger partial charge >= 0.3 is 0 Å². The van der Waals surface area contributed by atoms with Gasteiger partial charge < -0.3 is 4.74 Å². The number of hydrogen-bond acceptors (Lipinski definition) is 2. The molecule has 1 atom stereocenters. The molecular weight excluding hydrogens is 234 g/mol. The monoisotopic (exact) mass is 255 g/mol. The molecule has 0 saturated carbocycles. The minimum absolute atomic E-state index is 0. The van der Waals surface area contributed by atoms with Gasteiger partial charge in [-0.05, 0) is 19.4 Å². The highest BCUT2D eigenvalue weighted by Gasteiger charge is 2.36. The normalized spacial score (nSPS) is 27.3. The lowest BCUT2D eigenvalue weighted by molar-refractivity contribution is -0.131. The molecule has 1 aliphatic rings. The minimum Gasteiger partial charge on any atom is -0.356 e. The molecule has 1 aromatic rings. The first-order chi connectivity index (χ1) is 7.41. The highest BCUT2D eigenvalue weighted by Crippen LogP contribution is 2.31. The molecule has 1 aromatic carbocycles. The smallest absolute Gasteiger partial charge is 0.142 e. The topological polar surface area (TPSA) is 21.3 Å². The molecular formula is C14H22ClNO. The summed E-state index contributed by atoms with van der Waals surface area (Å²) in [6, 6.07) is 8.50. The lowest BCUT2D eigenvalue weighted by atomic mass is 9.90. The van der Waals surface area contributed by atoms with Gasteiger partial charge in [0.2, 0.25) is 0 Å². The van der Waals surface area contributed by atoms with Gasteiger partial charge in [-0.3, -0.25) is 5.32 Å². The highest BCUT2D eigenvalue weighted by molar-refractivity contribution is 5.85. The predicted molar refractivity (Wildman–Crippen MR) is 73.5 cm³/mol. The maximum Gasteiger partial charge on any atom is 0.142 e. The third-order valence-electron chi connectivity index (χ3n) is 3.22. The maximum absolute atomic E-state index is 6.01. The van der Waals surface area contributed by atoms with E-state index >= 15 is 0 Å². The van der Waals surface area contributed by atoms with Gasteiger partial charge in [0, 0.05) is 12.0 Å². The summed E-state index contributed by atoms with van der Waals surface area (Å²) in [7, 11) is 0. The lowest BCUT2D eigenvalue weighted by Gasteiger charge is -2.42. The van der Waals surface area contributed by atoms with Gasteiger partial charge in [0.15, 0.2) is 0 Å². The number of ether oxygens (including phenoxy) is 1. The zero-order valence-corrected chi connectivity index (χ0v) is 11.9. The van der Waals surface area contributed by atoms with Crippen molar-refractivity contribution in [2.75, 3.05) is 13.2 Å². The van der Waals surface area contributed by atoms with Crippen molar-refractivity contribution in [1.82, 2.24) is 5.32 Å². The average Bonchev–Trinajstić information content (AvgIpc) is 2.23. The van der Waals surface area contributed by atoms with E-state index in [0.29, 0.717) is 0 Å². The molecule has 0 amide bonds. The Labute approximate surface area is 110 Å². The van der Waals surface area contributed by atoms with E-state index in [0.717, 1.165) is 13.2 Å². The fourth-order valence-electron chi connectivity index (χ4n) is 1.98. The van der Waals surface area contributed by atoms with Crippen LogP contribution in [0.5, 0.6) is 0 Å². The molecule has 1 saturated heterocycles. The summed E-state index contributed by atoms with van der Waals surface area (Å²) in [6.07, 6.45) is 0. The van der Waals surface area contributed by atoms with Crippen LogP contribution in [-0.4, -0.2) is 13.2 Å². The van der Waals surface area contributed by atoms with Crippen molar-refractivity contribution in [3.63, 3.8) is 0 Å². The summed E-state index contributed by atoms with van der Waals surface area (Å²) in [5, 5.41) is 3.51. The van der Waals surface area contributed by atoms with E-state index < -0.39 is 0 Å². The molecule has 3 heteroatoms. The van der Waals surface area contributed by atoms with Crippen molar-refractivity contribution in [2.24, 2.45) is 5.41 Å². The molecule has 2 rings (SSSR count). The lowest BCUT2D eigenvalue weighted by Crippen LogP contribution is -2.53. The van der Waals surface area contributed by atoms with E-state index in [1.54, 1.807) is 0 Å². The molecule has 0 bridgehead atoms. The predicted octanol–water partition coefficient (Wildman–Crippen LogP) is 3.24. The van der Waals surface area contributed by atoms with Crippen molar-refractivity contribution in [3.8, 4) is 0 Å². The van der Waals surface area contributed by atoms with Gasteiger partial charge in [0.05, 0.1) is 6.61 Å². The first-order valence-electron chi connectivity index (χ1n) is 5.87. The molecule has 1 N–H and O–H groups in total. The van der Waals surface area contributed by atoms with Crippen LogP contribution in [0, 0.1) is 12.3 Å². The van der Waals surface area contributed by atoms with Gasteiger partial charge in [-0.25, -0.2) is 0 Å². The van der Waals surface area contributed by atoms with Gasteiger partial charge in [-0.1, -0.05) is 43.7 Å². The Balaban J connectivity index is 0.00000144. The second-order valence-electron chi connectivity index (χ2n) is 5.71. The van der Waals surface area contributed by atoms with E-state index in [9.17, 15) is 0 Å². The van der Waals surface area contributed by atoms with Crippen LogP contribution >= 0.6 is 12.4 Å². The molecule has 2 nitrogen and oxygen atoms in total. The Morgan fingerprint density at radius 1 is 1.24 bits per heavy atom. The van der Waals surface area contributed by atoms with Crippen LogP contribution < -0.4 is 5.32 Å². The first kappa shape index (κ1) is 14.5. The minimum atomic E-state index is -0.332. The standard InChI is InChI=1S/C14H21NO.ClH/c1-11-6-5-7-12(8-11)14(4)15-9-13(2,3)10-16-14;/h5-8,15H,9-10H2,1-4H3;1H. The molecule has 17 heavy (non-hydrogen) atoms. The van der Waals surface area contributed by atoms with Gasteiger partial charge in [-0.2, -0.15) is 0 Å². The summed E-state index contributed by atoms with van der Waals surface area (Å²) in [4.78, 5) is 0. The molecule has 0 radical (unpaired) electrons. The third kappa shape index (κ3) is 3.21. The molecule has 1 unspecified atom stereocenters. The molecule has 96 valence electrons. The molecule has 1 aliphatic heterocycles. The van der Waals surface area contributed by atoms with Crippen LogP contribution in [-0.2, 0) is 10.5 Å². The van der Waals surface area contributed by atoms with Crippen LogP contribution in [0.4, 0.5) is 0 Å². The van der Waals surface area contributed by atoms with E-state index in [1.165, 1.54) is 11.1 Å². The van der Waals surface area contributed by atoms with Gasteiger partial charge in [-0.15, -0.1) is 12.4 Å². The summed E-state index contributed by atoms with van der Waals surface area (Å²) < 4.78 is 6.01. The fraction of sp³-hybridized carbons (Fsp3) is 0.571. The second-order valence-corrected chi connectivity index (χ2v) is 5.71. The largest absolute Gasteiger partial charge is 0.356 e. The Morgan fingerprint density at radius 3 is 2.47 bits per heavy atom. The molecule has 1 heterocycles. The van der Waals surface area contributed by atoms with Crippen LogP contribution in [0.3, 0.4) is 0 Å². The Kier molecular flexibility index (Phi) is 4.23. The average molecular weight is 256 g/mol. The number of aryl methyl sites for hydroxylation is 1. The fourth-order valence-corrected chi connectivity index (χ4v) is 1.98. The van der Waals surface area contributed by atoms with E-state index in [4.69, 9.17) is 4.74 Å². The third-order valence-corrected chi connectivity index (χ3v) is 3.22. The van der Waals surface area contributed by atoms with Crippen molar-refractivity contribution in [1.29, 1.82) is 0 Å². The summed E-state index contributed by atoms with van der Waals surface area (Å²) in [5.41, 5.74) is 2.38. The Hall–Kier alpha value is -0.570. The number of rotatable bonds is 1. The zero-order valence-electron chi connectivity index (χ0n) is 11.0. The maximum atomic E-state index is 6.01. The SMILES string of the molecule is Cc1cccc(C2(C)NCC(C)(C)CO2)c1.Cl. The number of halogens is 1. The van der Waals surface area contributed by atoms with Crippen molar-refractivity contribution in [3.05, 3.63) is 35.4 Å². The molecule has 0 aliphatic carbocycles. The van der Waals surface area contributed by atoms with Crippen LogP contribution in [0.15, 0.2) is 24.3 Å². The van der Waals surface area contributed by atoms with Gasteiger partial charge in [0.1, 0.15) is 5.72 Å². The van der Waals surface area contributed by atoms with Crippen molar-refractivity contribution < 1.29 is 4.74 Å². The number of hydrogen-bond donors (Lipinski definition) is 1. The summed E-state index contributed by atoms with van der Waals surface area (Å²) in [6.45, 7) is 10.4. The zero-order chi connectivity index (χ0) is 11.8. The number of nitrogens with one attached hydrogen (secondary N) is 1. The quantitative estimate of drug-likeness (QED) is 0.832. The van der Waals surface area contributed by atoms with Crippen LogP contribution in [0.1, 0.15) is 31.9 Å². The Bertz CT molecular complexity index is 380. The summed E-state index contributed by atoms with van der Waals surface area (Å²) >= 11 is 0. The van der Waals surface area contributed by atoms with Crippen molar-refractivity contribution >= 4 is 12.4 Å². The Morgan fingerprint density at radius 2 is 1.94 bits per heavy atom. The van der Waals surface area contributed by atoms with E-state index in [2.05, 4.69) is 57.3 Å². The van der Waals surface area contributed by atoms with Gasteiger partial charge in [0.25, 0.3) is 0 Å². The van der Waals surface area contributed by atoms with Crippen molar-refractivity contribution in [2.45, 2.75) is 33.4 Å². The molecule has 1 fully saturated rings. The number of benzene rings is 1. The second kappa shape index (κ2) is 4.97. The van der Waals surface area contributed by atoms with Crippen LogP contribution in [0.25, 0.3) is 0 Å². The molecule has 0 spiro atoms. The van der Waals surface area contributed by atoms with E-state index in [-0.39, 0.29) is 23.5 Å². The highest BCUT2D eigenvalue weighted by atomic mass is 35.5. The summed E-state index contributed by atoms with van der Waals surface area (Å²) in [5.74, 6) is 0. The van der Waals surface area contributed by atoms with E-state index in [1.807, 2.05) is 0 Å². The first-order valence-corrected chi connectivity index (χ1v) is 5.87.